The van der Waals surface area contributed by atoms with Gasteiger partial charge in [-0.05, 0) is 83.7 Å². The molecule has 0 saturated heterocycles. The highest BCUT2D eigenvalue weighted by molar-refractivity contribution is 9.10. The highest BCUT2D eigenvalue weighted by atomic mass is 79.9. The molecular weight excluding hydrogens is 328 g/mol. The van der Waals surface area contributed by atoms with Crippen molar-refractivity contribution in [3.63, 3.8) is 0 Å². The molecule has 4 aliphatic carbocycles. The summed E-state index contributed by atoms with van der Waals surface area (Å²) in [6, 6.07) is 1.87. The number of hydrogen-bond donors (Lipinski definition) is 1. The Labute approximate surface area is 134 Å². The normalized spacial score (nSPS) is 37.0. The molecule has 4 aliphatic rings. The SMILES string of the molecule is CN(CC12CC3CC(CC(C3)C1)C2)C(=O)c1cc(Br)c[nH]1. The van der Waals surface area contributed by atoms with Crippen molar-refractivity contribution in [2.75, 3.05) is 13.6 Å². The molecule has 4 saturated carbocycles. The first-order chi connectivity index (χ1) is 10.0. The molecule has 5 rings (SSSR count). The Balaban J connectivity index is 1.49. The number of nitrogens with one attached hydrogen (secondary N) is 1. The summed E-state index contributed by atoms with van der Waals surface area (Å²) in [4.78, 5) is 17.6. The second kappa shape index (κ2) is 4.87. The van der Waals surface area contributed by atoms with E-state index in [4.69, 9.17) is 0 Å². The van der Waals surface area contributed by atoms with E-state index < -0.39 is 0 Å². The number of hydrogen-bond acceptors (Lipinski definition) is 1. The number of carbonyl (C=O) groups is 1. The van der Waals surface area contributed by atoms with Crippen LogP contribution in [0.4, 0.5) is 0 Å². The van der Waals surface area contributed by atoms with Gasteiger partial charge in [0.15, 0.2) is 0 Å². The maximum Gasteiger partial charge on any atom is 0.270 e. The molecule has 0 unspecified atom stereocenters. The zero-order chi connectivity index (χ0) is 14.6. The zero-order valence-electron chi connectivity index (χ0n) is 12.6. The summed E-state index contributed by atoms with van der Waals surface area (Å²) in [6.45, 7) is 0.936. The van der Waals surface area contributed by atoms with Gasteiger partial charge in [-0.25, -0.2) is 0 Å². The number of aromatic nitrogens is 1. The van der Waals surface area contributed by atoms with E-state index in [1.165, 1.54) is 38.5 Å². The molecule has 0 radical (unpaired) electrons. The minimum Gasteiger partial charge on any atom is -0.356 e. The molecule has 1 amide bonds. The number of halogens is 1. The van der Waals surface area contributed by atoms with Crippen molar-refractivity contribution < 1.29 is 4.79 Å². The molecule has 4 fully saturated rings. The molecule has 0 spiro atoms. The Kier molecular flexibility index (Phi) is 3.21. The number of carbonyl (C=O) groups excluding carboxylic acids is 1. The van der Waals surface area contributed by atoms with Crippen molar-refractivity contribution in [2.45, 2.75) is 38.5 Å². The van der Waals surface area contributed by atoms with Crippen LogP contribution in [0.5, 0.6) is 0 Å². The number of rotatable bonds is 3. The third-order valence-electron chi connectivity index (χ3n) is 5.96. The summed E-state index contributed by atoms with van der Waals surface area (Å²) in [7, 11) is 1.97. The summed E-state index contributed by atoms with van der Waals surface area (Å²) in [6.07, 6.45) is 10.3. The van der Waals surface area contributed by atoms with E-state index >= 15 is 0 Å². The smallest absolute Gasteiger partial charge is 0.270 e. The van der Waals surface area contributed by atoms with Crippen LogP contribution in [0.2, 0.25) is 0 Å². The molecular formula is C17H23BrN2O. The van der Waals surface area contributed by atoms with Crippen LogP contribution in [-0.2, 0) is 0 Å². The molecule has 0 aliphatic heterocycles. The molecule has 1 N–H and O–H groups in total. The highest BCUT2D eigenvalue weighted by Gasteiger charge is 2.51. The van der Waals surface area contributed by atoms with Gasteiger partial charge in [0, 0.05) is 24.3 Å². The van der Waals surface area contributed by atoms with Gasteiger partial charge >= 0.3 is 0 Å². The molecule has 1 aromatic heterocycles. The lowest BCUT2D eigenvalue weighted by Gasteiger charge is -2.57. The topological polar surface area (TPSA) is 36.1 Å². The molecule has 0 aromatic carbocycles. The van der Waals surface area contributed by atoms with Gasteiger partial charge in [0.05, 0.1) is 0 Å². The van der Waals surface area contributed by atoms with E-state index in [9.17, 15) is 4.79 Å². The third-order valence-corrected chi connectivity index (χ3v) is 6.42. The molecule has 21 heavy (non-hydrogen) atoms. The van der Waals surface area contributed by atoms with Crippen LogP contribution in [0, 0.1) is 23.2 Å². The van der Waals surface area contributed by atoms with Gasteiger partial charge in [0.1, 0.15) is 5.69 Å². The lowest BCUT2D eigenvalue weighted by atomic mass is 9.49. The standard InChI is InChI=1S/C17H23BrN2O/c1-20(16(21)15-5-14(18)9-19-15)10-17-6-11-2-12(7-17)4-13(3-11)8-17/h5,9,11-13,19H,2-4,6-8,10H2,1H3. The molecule has 1 heterocycles. The van der Waals surface area contributed by atoms with Crippen LogP contribution in [-0.4, -0.2) is 29.4 Å². The Morgan fingerprint density at radius 1 is 1.29 bits per heavy atom. The monoisotopic (exact) mass is 350 g/mol. The Hall–Kier alpha value is -0.770. The summed E-state index contributed by atoms with van der Waals surface area (Å²) < 4.78 is 0.939. The first-order valence-electron chi connectivity index (χ1n) is 8.12. The highest BCUT2D eigenvalue weighted by Crippen LogP contribution is 2.60. The molecule has 114 valence electrons. The Morgan fingerprint density at radius 3 is 2.33 bits per heavy atom. The lowest BCUT2D eigenvalue weighted by molar-refractivity contribution is -0.0629. The summed E-state index contributed by atoms with van der Waals surface area (Å²) in [5, 5.41) is 0. The van der Waals surface area contributed by atoms with Crippen molar-refractivity contribution in [3.05, 3.63) is 22.4 Å². The van der Waals surface area contributed by atoms with E-state index in [0.29, 0.717) is 11.1 Å². The lowest BCUT2D eigenvalue weighted by Crippen LogP contribution is -2.51. The minimum atomic E-state index is 0.122. The van der Waals surface area contributed by atoms with Crippen molar-refractivity contribution in [1.82, 2.24) is 9.88 Å². The van der Waals surface area contributed by atoms with Crippen LogP contribution in [0.15, 0.2) is 16.7 Å². The predicted molar refractivity (Wildman–Crippen MR) is 86.1 cm³/mol. The van der Waals surface area contributed by atoms with Gasteiger partial charge in [0.25, 0.3) is 5.91 Å². The average molecular weight is 351 g/mol. The van der Waals surface area contributed by atoms with E-state index in [1.807, 2.05) is 24.2 Å². The third kappa shape index (κ3) is 2.45. The summed E-state index contributed by atoms with van der Waals surface area (Å²) in [5.41, 5.74) is 1.11. The van der Waals surface area contributed by atoms with Crippen molar-refractivity contribution in [3.8, 4) is 0 Å². The van der Waals surface area contributed by atoms with Gasteiger partial charge in [-0.2, -0.15) is 0 Å². The number of H-pyrrole nitrogens is 1. The van der Waals surface area contributed by atoms with E-state index in [-0.39, 0.29) is 5.91 Å². The van der Waals surface area contributed by atoms with Gasteiger partial charge in [-0.3, -0.25) is 4.79 Å². The van der Waals surface area contributed by atoms with Gasteiger partial charge in [0.2, 0.25) is 0 Å². The van der Waals surface area contributed by atoms with Gasteiger partial charge in [-0.15, -0.1) is 0 Å². The molecule has 1 aromatic rings. The Bertz CT molecular complexity index is 530. The van der Waals surface area contributed by atoms with Crippen LogP contribution < -0.4 is 0 Å². The van der Waals surface area contributed by atoms with Crippen molar-refractivity contribution in [2.24, 2.45) is 23.2 Å². The second-order valence-corrected chi connectivity index (χ2v) is 8.73. The van der Waals surface area contributed by atoms with Crippen LogP contribution in [0.25, 0.3) is 0 Å². The number of nitrogens with zero attached hydrogens (tertiary/aromatic N) is 1. The largest absolute Gasteiger partial charge is 0.356 e. The zero-order valence-corrected chi connectivity index (χ0v) is 14.2. The first-order valence-corrected chi connectivity index (χ1v) is 8.92. The van der Waals surface area contributed by atoms with Crippen LogP contribution >= 0.6 is 15.9 Å². The van der Waals surface area contributed by atoms with E-state index in [0.717, 1.165) is 28.8 Å². The van der Waals surface area contributed by atoms with Crippen LogP contribution in [0.3, 0.4) is 0 Å². The second-order valence-electron chi connectivity index (χ2n) is 7.81. The maximum absolute atomic E-state index is 12.6. The first kappa shape index (κ1) is 13.9. The molecule has 0 atom stereocenters. The van der Waals surface area contributed by atoms with E-state index in [2.05, 4.69) is 20.9 Å². The number of aromatic amines is 1. The maximum atomic E-state index is 12.6. The van der Waals surface area contributed by atoms with E-state index in [1.54, 1.807) is 0 Å². The Morgan fingerprint density at radius 2 is 1.86 bits per heavy atom. The summed E-state index contributed by atoms with van der Waals surface area (Å²) in [5.74, 6) is 2.95. The van der Waals surface area contributed by atoms with Gasteiger partial charge in [-0.1, -0.05) is 0 Å². The fraction of sp³-hybridized carbons (Fsp3) is 0.706. The quantitative estimate of drug-likeness (QED) is 0.876. The number of amides is 1. The minimum absolute atomic E-state index is 0.122. The van der Waals surface area contributed by atoms with Crippen molar-refractivity contribution in [1.29, 1.82) is 0 Å². The fourth-order valence-corrected chi connectivity index (χ4v) is 6.10. The van der Waals surface area contributed by atoms with Gasteiger partial charge < -0.3 is 9.88 Å². The summed E-state index contributed by atoms with van der Waals surface area (Å²) >= 11 is 3.40. The average Bonchev–Trinajstić information content (AvgIpc) is 2.82. The fourth-order valence-electron chi connectivity index (χ4n) is 5.76. The molecule has 4 bridgehead atoms. The molecule has 3 nitrogen and oxygen atoms in total. The van der Waals surface area contributed by atoms with Crippen molar-refractivity contribution >= 4 is 21.8 Å². The molecule has 4 heteroatoms. The van der Waals surface area contributed by atoms with Crippen LogP contribution in [0.1, 0.15) is 49.0 Å². The predicted octanol–water partition coefficient (Wildman–Crippen LogP) is 4.07.